The molecule has 106 valence electrons. The number of ether oxygens (including phenoxy) is 1. The second-order valence-corrected chi connectivity index (χ2v) is 5.39. The molecule has 1 N–H and O–H groups in total. The molecular weight excluding hydrogens is 238 g/mol. The summed E-state index contributed by atoms with van der Waals surface area (Å²) in [4.78, 5) is 4.82. The molecule has 1 aliphatic heterocycles. The summed E-state index contributed by atoms with van der Waals surface area (Å²) in [7, 11) is 6.11. The Morgan fingerprint density at radius 3 is 3.05 bits per heavy atom. The van der Waals surface area contributed by atoms with E-state index in [0.717, 1.165) is 38.5 Å². The molecule has 1 aromatic rings. The molecule has 19 heavy (non-hydrogen) atoms. The van der Waals surface area contributed by atoms with E-state index in [-0.39, 0.29) is 0 Å². The first-order valence-electron chi connectivity index (χ1n) is 6.91. The van der Waals surface area contributed by atoms with Crippen molar-refractivity contribution in [2.45, 2.75) is 12.6 Å². The number of hydrogen-bond donors (Lipinski definition) is 1. The minimum absolute atomic E-state index is 0.601. The predicted molar refractivity (Wildman–Crippen MR) is 78.6 cm³/mol. The number of hydrogen-bond acceptors (Lipinski definition) is 4. The van der Waals surface area contributed by atoms with E-state index in [0.29, 0.717) is 6.04 Å². The van der Waals surface area contributed by atoms with E-state index in [1.54, 1.807) is 7.11 Å². The van der Waals surface area contributed by atoms with Crippen molar-refractivity contribution in [3.05, 3.63) is 29.8 Å². The Hall–Kier alpha value is -1.10. The molecule has 1 aromatic carbocycles. The van der Waals surface area contributed by atoms with E-state index in [2.05, 4.69) is 47.4 Å². The molecule has 1 unspecified atom stereocenters. The maximum atomic E-state index is 5.27. The molecule has 0 radical (unpaired) electrons. The van der Waals surface area contributed by atoms with Crippen molar-refractivity contribution < 1.29 is 4.74 Å². The molecule has 0 aromatic heterocycles. The minimum Gasteiger partial charge on any atom is -0.497 e. The van der Waals surface area contributed by atoms with Crippen LogP contribution in [0.2, 0.25) is 0 Å². The molecule has 0 saturated carbocycles. The molecule has 0 spiro atoms. The lowest BCUT2D eigenvalue weighted by Crippen LogP contribution is -2.53. The maximum Gasteiger partial charge on any atom is 0.119 e. The maximum absolute atomic E-state index is 5.27. The topological polar surface area (TPSA) is 27.7 Å². The van der Waals surface area contributed by atoms with Gasteiger partial charge in [0.05, 0.1) is 7.11 Å². The summed E-state index contributed by atoms with van der Waals surface area (Å²) in [5.41, 5.74) is 1.30. The Kier molecular flexibility index (Phi) is 5.19. The van der Waals surface area contributed by atoms with Gasteiger partial charge in [0.25, 0.3) is 0 Å². The highest BCUT2D eigenvalue weighted by atomic mass is 16.5. The quantitative estimate of drug-likeness (QED) is 0.859. The number of piperazine rings is 1. The van der Waals surface area contributed by atoms with Crippen LogP contribution in [0.25, 0.3) is 0 Å². The van der Waals surface area contributed by atoms with E-state index < -0.39 is 0 Å². The summed E-state index contributed by atoms with van der Waals surface area (Å²) in [6.07, 6.45) is 0. The highest BCUT2D eigenvalue weighted by molar-refractivity contribution is 5.28. The smallest absolute Gasteiger partial charge is 0.119 e. The third-order valence-electron chi connectivity index (χ3n) is 3.75. The van der Waals surface area contributed by atoms with E-state index >= 15 is 0 Å². The summed E-state index contributed by atoms with van der Waals surface area (Å²) in [5.74, 6) is 0.933. The molecule has 0 amide bonds. The van der Waals surface area contributed by atoms with Crippen LogP contribution in [0.5, 0.6) is 5.75 Å². The Bertz CT molecular complexity index is 397. The van der Waals surface area contributed by atoms with Gasteiger partial charge in [-0.05, 0) is 31.8 Å². The molecule has 1 saturated heterocycles. The van der Waals surface area contributed by atoms with Crippen LogP contribution in [0.1, 0.15) is 5.56 Å². The first-order valence-corrected chi connectivity index (χ1v) is 6.91. The van der Waals surface area contributed by atoms with E-state index in [9.17, 15) is 0 Å². The number of rotatable bonds is 5. The summed E-state index contributed by atoms with van der Waals surface area (Å²) in [6.45, 7) is 5.37. The molecule has 4 heteroatoms. The average molecular weight is 263 g/mol. The van der Waals surface area contributed by atoms with Gasteiger partial charge in [-0.1, -0.05) is 12.1 Å². The normalized spacial score (nSPS) is 20.7. The van der Waals surface area contributed by atoms with Gasteiger partial charge >= 0.3 is 0 Å². The van der Waals surface area contributed by atoms with Crippen LogP contribution in [0, 0.1) is 0 Å². The number of nitrogens with one attached hydrogen (secondary N) is 1. The van der Waals surface area contributed by atoms with Gasteiger partial charge in [0.2, 0.25) is 0 Å². The van der Waals surface area contributed by atoms with Crippen LogP contribution >= 0.6 is 0 Å². The van der Waals surface area contributed by atoms with Gasteiger partial charge in [-0.3, -0.25) is 4.90 Å². The lowest BCUT2D eigenvalue weighted by molar-refractivity contribution is 0.150. The van der Waals surface area contributed by atoms with Crippen molar-refractivity contribution in [1.82, 2.24) is 15.1 Å². The monoisotopic (exact) mass is 263 g/mol. The van der Waals surface area contributed by atoms with Crippen LogP contribution in [0.4, 0.5) is 0 Å². The van der Waals surface area contributed by atoms with Crippen molar-refractivity contribution in [3.8, 4) is 5.75 Å². The number of benzene rings is 1. The summed E-state index contributed by atoms with van der Waals surface area (Å²) in [6, 6.07) is 8.91. The molecule has 0 bridgehead atoms. The molecular formula is C15H25N3O. The fraction of sp³-hybridized carbons (Fsp3) is 0.600. The first kappa shape index (κ1) is 14.3. The molecule has 1 fully saturated rings. The fourth-order valence-electron chi connectivity index (χ4n) is 2.57. The molecule has 2 rings (SSSR count). The minimum atomic E-state index is 0.601. The molecule has 1 atom stereocenters. The first-order chi connectivity index (χ1) is 9.19. The molecule has 4 nitrogen and oxygen atoms in total. The van der Waals surface area contributed by atoms with E-state index in [4.69, 9.17) is 4.74 Å². The van der Waals surface area contributed by atoms with Crippen molar-refractivity contribution in [3.63, 3.8) is 0 Å². The van der Waals surface area contributed by atoms with Crippen LogP contribution in [-0.4, -0.2) is 63.2 Å². The van der Waals surface area contributed by atoms with E-state index in [1.807, 2.05) is 6.07 Å². The summed E-state index contributed by atoms with van der Waals surface area (Å²) in [5, 5.41) is 3.46. The lowest BCUT2D eigenvalue weighted by Gasteiger charge is -2.35. The Morgan fingerprint density at radius 2 is 2.32 bits per heavy atom. The third-order valence-corrected chi connectivity index (χ3v) is 3.75. The van der Waals surface area contributed by atoms with Crippen LogP contribution in [0.3, 0.4) is 0 Å². The van der Waals surface area contributed by atoms with Crippen molar-refractivity contribution in [2.24, 2.45) is 0 Å². The standard InChI is InChI=1S/C15H25N3O/c1-17(12-14-10-16-7-8-18(14)2)11-13-5-4-6-15(9-13)19-3/h4-6,9,14,16H,7-8,10-12H2,1-3H3. The van der Waals surface area contributed by atoms with E-state index in [1.165, 1.54) is 5.56 Å². The average Bonchev–Trinajstić information content (AvgIpc) is 2.41. The second-order valence-electron chi connectivity index (χ2n) is 5.39. The van der Waals surface area contributed by atoms with Crippen molar-refractivity contribution >= 4 is 0 Å². The van der Waals surface area contributed by atoms with Crippen molar-refractivity contribution in [1.29, 1.82) is 0 Å². The molecule has 1 heterocycles. The number of likely N-dealkylation sites (N-methyl/N-ethyl adjacent to an activating group) is 2. The number of nitrogens with zero attached hydrogens (tertiary/aromatic N) is 2. The van der Waals surface area contributed by atoms with Gasteiger partial charge in [0, 0.05) is 38.8 Å². The third kappa shape index (κ3) is 4.20. The van der Waals surface area contributed by atoms with Gasteiger partial charge in [-0.25, -0.2) is 0 Å². The SMILES string of the molecule is COc1cccc(CN(C)CC2CNCCN2C)c1. The van der Waals surface area contributed by atoms with Crippen LogP contribution in [0.15, 0.2) is 24.3 Å². The van der Waals surface area contributed by atoms with Gasteiger partial charge in [0.1, 0.15) is 5.75 Å². The summed E-state index contributed by atoms with van der Waals surface area (Å²) >= 11 is 0. The highest BCUT2D eigenvalue weighted by Gasteiger charge is 2.19. The predicted octanol–water partition coefficient (Wildman–Crippen LogP) is 1.03. The van der Waals surface area contributed by atoms with Gasteiger partial charge in [-0.15, -0.1) is 0 Å². The highest BCUT2D eigenvalue weighted by Crippen LogP contribution is 2.14. The van der Waals surface area contributed by atoms with Crippen LogP contribution < -0.4 is 10.1 Å². The van der Waals surface area contributed by atoms with Crippen molar-refractivity contribution in [2.75, 3.05) is 47.4 Å². The van der Waals surface area contributed by atoms with Gasteiger partial charge in [0.15, 0.2) is 0 Å². The zero-order valence-corrected chi connectivity index (χ0v) is 12.2. The molecule has 1 aliphatic rings. The molecule has 0 aliphatic carbocycles. The lowest BCUT2D eigenvalue weighted by atomic mass is 10.1. The van der Waals surface area contributed by atoms with Crippen LogP contribution in [-0.2, 0) is 6.54 Å². The zero-order valence-electron chi connectivity index (χ0n) is 12.2. The Balaban J connectivity index is 1.87. The number of methoxy groups -OCH3 is 1. The summed E-state index contributed by atoms with van der Waals surface area (Å²) < 4.78 is 5.27. The fourth-order valence-corrected chi connectivity index (χ4v) is 2.57. The van der Waals surface area contributed by atoms with Gasteiger partial charge < -0.3 is 15.0 Å². The second kappa shape index (κ2) is 6.89. The zero-order chi connectivity index (χ0) is 13.7. The Labute approximate surface area is 116 Å². The largest absolute Gasteiger partial charge is 0.497 e. The van der Waals surface area contributed by atoms with Gasteiger partial charge in [-0.2, -0.15) is 0 Å². The Morgan fingerprint density at radius 1 is 1.47 bits per heavy atom.